The van der Waals surface area contributed by atoms with Gasteiger partial charge in [-0.1, -0.05) is 0 Å². The average Bonchev–Trinajstić information content (AvgIpc) is 1.90. The molecule has 2 N–H and O–H groups in total. The summed E-state index contributed by atoms with van der Waals surface area (Å²) in [5.41, 5.74) is 0. The van der Waals surface area contributed by atoms with Crippen molar-refractivity contribution in [2.75, 3.05) is 6.54 Å². The van der Waals surface area contributed by atoms with Crippen molar-refractivity contribution in [1.82, 2.24) is 10.2 Å². The molecule has 0 aromatic carbocycles. The van der Waals surface area contributed by atoms with Crippen LogP contribution in [0, 0.1) is 0 Å². The number of piperidine rings is 1. The van der Waals surface area contributed by atoms with Crippen LogP contribution in [0.15, 0.2) is 0 Å². The van der Waals surface area contributed by atoms with E-state index >= 15 is 0 Å². The van der Waals surface area contributed by atoms with Crippen LogP contribution < -0.4 is 10.2 Å². The van der Waals surface area contributed by atoms with Gasteiger partial charge in [-0.15, -0.1) is 0 Å². The number of hydrogen-bond donors (Lipinski definition) is 2. The van der Waals surface area contributed by atoms with Crippen molar-refractivity contribution in [3.05, 3.63) is 0 Å². The Bertz CT molecular complexity index is 61.4. The molecule has 2 nitrogen and oxygen atoms in total. The molecule has 0 aromatic heterocycles. The predicted molar refractivity (Wildman–Crippen MR) is 34.6 cm³/mol. The molecule has 1 saturated heterocycles. The van der Waals surface area contributed by atoms with Gasteiger partial charge < -0.3 is 5.32 Å². The number of nitrogens with one attached hydrogen (secondary N) is 2. The van der Waals surface area contributed by atoms with Gasteiger partial charge in [-0.25, -0.2) is 4.84 Å². The molecule has 0 radical (unpaired) electrons. The highest BCUT2D eigenvalue weighted by Gasteiger charge is 2.08. The van der Waals surface area contributed by atoms with Crippen LogP contribution in [0.25, 0.3) is 0 Å². The van der Waals surface area contributed by atoms with E-state index in [2.05, 4.69) is 10.2 Å². The molecule has 1 fully saturated rings. The molecule has 1 atom stereocenters. The Morgan fingerprint density at radius 3 is 2.75 bits per heavy atom. The van der Waals surface area contributed by atoms with Crippen molar-refractivity contribution in [2.45, 2.75) is 25.4 Å². The smallest absolute Gasteiger partial charge is 0.0713 e. The van der Waals surface area contributed by atoms with Crippen molar-refractivity contribution in [3.63, 3.8) is 0 Å². The quantitative estimate of drug-likeness (QED) is 0.519. The van der Waals surface area contributed by atoms with Gasteiger partial charge in [0.2, 0.25) is 0 Å². The first-order chi connectivity index (χ1) is 3.93. The standard InChI is InChI=1S/C5H11ClN2/c6-8-5-3-1-2-4-7-5/h5,7-8H,1-4H2. The summed E-state index contributed by atoms with van der Waals surface area (Å²) in [6.45, 7) is 1.10. The Labute approximate surface area is 54.7 Å². The fraction of sp³-hybridized carbons (Fsp3) is 1.00. The molecule has 3 heteroatoms. The van der Waals surface area contributed by atoms with E-state index in [4.69, 9.17) is 11.8 Å². The number of halogens is 1. The van der Waals surface area contributed by atoms with Gasteiger partial charge in [0.15, 0.2) is 0 Å². The maximum Gasteiger partial charge on any atom is 0.0713 e. The highest BCUT2D eigenvalue weighted by molar-refractivity contribution is 6.13. The lowest BCUT2D eigenvalue weighted by Crippen LogP contribution is -2.40. The Balaban J connectivity index is 2.13. The third kappa shape index (κ3) is 1.62. The molecule has 1 aliphatic heterocycles. The van der Waals surface area contributed by atoms with Crippen molar-refractivity contribution >= 4 is 11.8 Å². The van der Waals surface area contributed by atoms with Crippen LogP contribution in [0.2, 0.25) is 0 Å². The predicted octanol–water partition coefficient (Wildman–Crippen LogP) is 0.829. The molecule has 8 heavy (non-hydrogen) atoms. The van der Waals surface area contributed by atoms with Crippen LogP contribution in [-0.4, -0.2) is 12.7 Å². The molecular weight excluding hydrogens is 124 g/mol. The summed E-state index contributed by atoms with van der Waals surface area (Å²) in [6.07, 6.45) is 4.08. The molecule has 0 spiro atoms. The van der Waals surface area contributed by atoms with E-state index < -0.39 is 0 Å². The summed E-state index contributed by atoms with van der Waals surface area (Å²) in [5, 5.41) is 3.23. The Hall–Kier alpha value is 0.210. The molecular formula is C5H11ClN2. The third-order valence-electron chi connectivity index (χ3n) is 1.44. The summed E-state index contributed by atoms with van der Waals surface area (Å²) in [6, 6.07) is 0. The van der Waals surface area contributed by atoms with E-state index in [9.17, 15) is 0 Å². The summed E-state index contributed by atoms with van der Waals surface area (Å²) in [4.78, 5) is 2.66. The molecule has 1 unspecified atom stereocenters. The van der Waals surface area contributed by atoms with Crippen molar-refractivity contribution in [2.24, 2.45) is 0 Å². The lowest BCUT2D eigenvalue weighted by atomic mass is 10.1. The average molecular weight is 135 g/mol. The molecule has 1 heterocycles. The van der Waals surface area contributed by atoms with E-state index in [-0.39, 0.29) is 0 Å². The molecule has 1 rings (SSSR count). The van der Waals surface area contributed by atoms with Crippen molar-refractivity contribution < 1.29 is 0 Å². The molecule has 1 aliphatic rings. The topological polar surface area (TPSA) is 24.1 Å². The highest BCUT2D eigenvalue weighted by atomic mass is 35.5. The largest absolute Gasteiger partial charge is 0.301 e. The summed E-state index contributed by atoms with van der Waals surface area (Å²) >= 11 is 5.37. The van der Waals surface area contributed by atoms with Crippen LogP contribution in [0.1, 0.15) is 19.3 Å². The molecule has 0 bridgehead atoms. The van der Waals surface area contributed by atoms with Gasteiger partial charge in [0.05, 0.1) is 6.17 Å². The highest BCUT2D eigenvalue weighted by Crippen LogP contribution is 2.03. The van der Waals surface area contributed by atoms with Crippen molar-refractivity contribution in [3.8, 4) is 0 Å². The van der Waals surface area contributed by atoms with Gasteiger partial charge in [-0.2, -0.15) is 0 Å². The lowest BCUT2D eigenvalue weighted by molar-refractivity contribution is 0.389. The second-order valence-electron chi connectivity index (χ2n) is 2.11. The van der Waals surface area contributed by atoms with Crippen LogP contribution in [-0.2, 0) is 0 Å². The summed E-state index contributed by atoms with van der Waals surface area (Å²) < 4.78 is 0. The first-order valence-corrected chi connectivity index (χ1v) is 3.41. The van der Waals surface area contributed by atoms with Crippen molar-refractivity contribution in [1.29, 1.82) is 0 Å². The lowest BCUT2D eigenvalue weighted by Gasteiger charge is -2.20. The first-order valence-electron chi connectivity index (χ1n) is 3.03. The molecule has 0 saturated carbocycles. The fourth-order valence-corrected chi connectivity index (χ4v) is 1.13. The third-order valence-corrected chi connectivity index (χ3v) is 1.71. The SMILES string of the molecule is ClNC1CCCCN1. The normalized spacial score (nSPS) is 30.4. The Morgan fingerprint density at radius 2 is 2.38 bits per heavy atom. The molecule has 0 aliphatic carbocycles. The van der Waals surface area contributed by atoms with Crippen LogP contribution in [0.4, 0.5) is 0 Å². The Morgan fingerprint density at radius 1 is 1.50 bits per heavy atom. The van der Waals surface area contributed by atoms with Crippen LogP contribution in [0.5, 0.6) is 0 Å². The van der Waals surface area contributed by atoms with Gasteiger partial charge in [-0.05, 0) is 37.6 Å². The fourth-order valence-electron chi connectivity index (χ4n) is 0.945. The minimum atomic E-state index is 0.352. The van der Waals surface area contributed by atoms with E-state index in [0.717, 1.165) is 13.0 Å². The first kappa shape index (κ1) is 6.33. The molecule has 0 amide bonds. The molecule has 48 valence electrons. The van der Waals surface area contributed by atoms with Gasteiger partial charge in [0.1, 0.15) is 0 Å². The molecule has 0 aromatic rings. The van der Waals surface area contributed by atoms with E-state index in [1.165, 1.54) is 12.8 Å². The minimum Gasteiger partial charge on any atom is -0.301 e. The monoisotopic (exact) mass is 134 g/mol. The van der Waals surface area contributed by atoms with Gasteiger partial charge in [-0.3, -0.25) is 0 Å². The van der Waals surface area contributed by atoms with Gasteiger partial charge in [0.25, 0.3) is 0 Å². The minimum absolute atomic E-state index is 0.352. The van der Waals surface area contributed by atoms with E-state index in [1.54, 1.807) is 0 Å². The second kappa shape index (κ2) is 3.28. The number of hydrogen-bond acceptors (Lipinski definition) is 2. The van der Waals surface area contributed by atoms with Gasteiger partial charge in [0, 0.05) is 0 Å². The maximum atomic E-state index is 5.37. The zero-order valence-electron chi connectivity index (χ0n) is 4.78. The van der Waals surface area contributed by atoms with Crippen LogP contribution >= 0.6 is 11.8 Å². The van der Waals surface area contributed by atoms with E-state index in [1.807, 2.05) is 0 Å². The zero-order valence-corrected chi connectivity index (χ0v) is 5.54. The zero-order chi connectivity index (χ0) is 5.82. The Kier molecular flexibility index (Phi) is 2.59. The van der Waals surface area contributed by atoms with E-state index in [0.29, 0.717) is 6.17 Å². The van der Waals surface area contributed by atoms with Gasteiger partial charge >= 0.3 is 0 Å². The maximum absolute atomic E-state index is 5.37. The number of rotatable bonds is 1. The summed E-state index contributed by atoms with van der Waals surface area (Å²) in [7, 11) is 0. The summed E-state index contributed by atoms with van der Waals surface area (Å²) in [5.74, 6) is 0. The van der Waals surface area contributed by atoms with Crippen LogP contribution in [0.3, 0.4) is 0 Å². The second-order valence-corrected chi connectivity index (χ2v) is 2.33.